The fourth-order valence-corrected chi connectivity index (χ4v) is 4.83. The predicted octanol–water partition coefficient (Wildman–Crippen LogP) is 4.32. The van der Waals surface area contributed by atoms with E-state index in [1.807, 2.05) is 6.08 Å². The van der Waals surface area contributed by atoms with Gasteiger partial charge in [-0.05, 0) is 18.8 Å². The van der Waals surface area contributed by atoms with Gasteiger partial charge < -0.3 is 4.74 Å². The summed E-state index contributed by atoms with van der Waals surface area (Å²) >= 11 is 0. The Balaban J connectivity index is 2.11. The van der Waals surface area contributed by atoms with Crippen LogP contribution in [0.4, 0.5) is 0 Å². The minimum Gasteiger partial charge on any atom is -0.363 e. The molecule has 96 valence electrons. The first kappa shape index (κ1) is 13.1. The highest BCUT2D eigenvalue weighted by Crippen LogP contribution is 2.36. The molecule has 1 fully saturated rings. The van der Waals surface area contributed by atoms with E-state index in [1.165, 1.54) is 32.1 Å². The van der Waals surface area contributed by atoms with E-state index >= 15 is 0 Å². The molecule has 2 heteroatoms. The van der Waals surface area contributed by atoms with Crippen molar-refractivity contribution in [3.05, 3.63) is 23.9 Å². The van der Waals surface area contributed by atoms with Crippen LogP contribution in [-0.2, 0) is 4.74 Å². The molecule has 1 nitrogen and oxygen atoms in total. The predicted molar refractivity (Wildman–Crippen MR) is 76.9 cm³/mol. The van der Waals surface area contributed by atoms with Crippen LogP contribution < -0.4 is 0 Å². The summed E-state index contributed by atoms with van der Waals surface area (Å²) in [4.78, 5) is 0. The van der Waals surface area contributed by atoms with Gasteiger partial charge in [-0.3, -0.25) is 0 Å². The Morgan fingerprint density at radius 3 is 2.35 bits per heavy atom. The Hall–Kier alpha value is -0.343. The Kier molecular flexibility index (Phi) is 3.94. The van der Waals surface area contributed by atoms with Crippen LogP contribution in [0, 0.1) is 5.92 Å². The highest BCUT2D eigenvalue weighted by Gasteiger charge is 2.36. The van der Waals surface area contributed by atoms with Gasteiger partial charge in [-0.25, -0.2) is 0 Å². The molecular formula is C15H26OSi. The molecule has 0 amide bonds. The second-order valence-corrected chi connectivity index (χ2v) is 11.6. The minimum absolute atomic E-state index is 0.202. The van der Waals surface area contributed by atoms with Crippen molar-refractivity contribution in [2.45, 2.75) is 64.0 Å². The zero-order valence-corrected chi connectivity index (χ0v) is 12.5. The molecule has 2 atom stereocenters. The van der Waals surface area contributed by atoms with Crippen molar-refractivity contribution in [1.29, 1.82) is 0 Å². The van der Waals surface area contributed by atoms with Crippen molar-refractivity contribution in [3.63, 3.8) is 0 Å². The van der Waals surface area contributed by atoms with E-state index in [-0.39, 0.29) is 6.10 Å². The largest absolute Gasteiger partial charge is 0.363 e. The van der Waals surface area contributed by atoms with Crippen LogP contribution in [0.1, 0.15) is 32.1 Å². The molecule has 0 spiro atoms. The molecule has 0 unspecified atom stereocenters. The average Bonchev–Trinajstić information content (AvgIpc) is 2.74. The number of ether oxygens (including phenoxy) is 1. The summed E-state index contributed by atoms with van der Waals surface area (Å²) in [6.07, 6.45) is 11.9. The maximum absolute atomic E-state index is 6.21. The van der Waals surface area contributed by atoms with Crippen LogP contribution in [0.15, 0.2) is 23.9 Å². The summed E-state index contributed by atoms with van der Waals surface area (Å²) in [5, 5.41) is 1.56. The van der Waals surface area contributed by atoms with E-state index < -0.39 is 8.07 Å². The van der Waals surface area contributed by atoms with Gasteiger partial charge >= 0.3 is 0 Å². The Morgan fingerprint density at radius 2 is 1.88 bits per heavy atom. The van der Waals surface area contributed by atoms with Crippen LogP contribution in [0.3, 0.4) is 0 Å². The van der Waals surface area contributed by atoms with Crippen molar-refractivity contribution >= 4 is 8.07 Å². The van der Waals surface area contributed by atoms with E-state index in [0.717, 1.165) is 5.92 Å². The topological polar surface area (TPSA) is 9.23 Å². The van der Waals surface area contributed by atoms with Crippen LogP contribution in [0.5, 0.6) is 0 Å². The summed E-state index contributed by atoms with van der Waals surface area (Å²) in [6, 6.07) is 0. The first-order chi connectivity index (χ1) is 8.02. The molecule has 17 heavy (non-hydrogen) atoms. The normalized spacial score (nSPS) is 31.4. The lowest BCUT2D eigenvalue weighted by molar-refractivity contribution is 0.0337. The van der Waals surface area contributed by atoms with Gasteiger partial charge in [-0.15, -0.1) is 6.58 Å². The molecule has 0 radical (unpaired) electrons. The summed E-state index contributed by atoms with van der Waals surface area (Å²) < 4.78 is 6.21. The molecular weight excluding hydrogens is 224 g/mol. The number of rotatable bonds is 3. The van der Waals surface area contributed by atoms with Gasteiger partial charge in [0.25, 0.3) is 0 Å². The summed E-state index contributed by atoms with van der Waals surface area (Å²) in [5.74, 6) is 0.764. The highest BCUT2D eigenvalue weighted by molar-refractivity contribution is 6.83. The molecule has 0 saturated heterocycles. The van der Waals surface area contributed by atoms with Crippen LogP contribution >= 0.6 is 0 Å². The molecule has 0 aromatic heterocycles. The fourth-order valence-electron chi connectivity index (χ4n) is 3.12. The summed E-state index contributed by atoms with van der Waals surface area (Å²) in [5.41, 5.74) is 0. The highest BCUT2D eigenvalue weighted by atomic mass is 28.3. The SMILES string of the molecule is C=C[C@@H]1O[C@@H](C2CCCCC2)C=C1[Si](C)(C)C. The van der Waals surface area contributed by atoms with Crippen molar-refractivity contribution in [2.75, 3.05) is 0 Å². The maximum atomic E-state index is 6.21. The lowest BCUT2D eigenvalue weighted by Gasteiger charge is -2.27. The molecule has 0 aromatic rings. The van der Waals surface area contributed by atoms with E-state index in [1.54, 1.807) is 5.20 Å². The van der Waals surface area contributed by atoms with Gasteiger partial charge in [-0.2, -0.15) is 0 Å². The minimum atomic E-state index is -1.25. The molecule has 0 aromatic carbocycles. The first-order valence-corrected chi connectivity index (χ1v) is 10.5. The van der Waals surface area contributed by atoms with Gasteiger partial charge in [0.05, 0.1) is 20.3 Å². The van der Waals surface area contributed by atoms with Gasteiger partial charge in [0.2, 0.25) is 0 Å². The summed E-state index contributed by atoms with van der Waals surface area (Å²) in [7, 11) is -1.25. The second-order valence-electron chi connectivity index (χ2n) is 6.53. The third-order valence-corrected chi connectivity index (χ3v) is 6.33. The molecule has 1 aliphatic heterocycles. The van der Waals surface area contributed by atoms with Gasteiger partial charge in [0.1, 0.15) is 0 Å². The Morgan fingerprint density at radius 1 is 1.24 bits per heavy atom. The monoisotopic (exact) mass is 250 g/mol. The van der Waals surface area contributed by atoms with Crippen molar-refractivity contribution < 1.29 is 4.74 Å². The lowest BCUT2D eigenvalue weighted by Crippen LogP contribution is -2.30. The Labute approximate surface area is 107 Å². The van der Waals surface area contributed by atoms with E-state index in [4.69, 9.17) is 4.74 Å². The Bertz CT molecular complexity index is 307. The van der Waals surface area contributed by atoms with E-state index in [0.29, 0.717) is 6.10 Å². The maximum Gasteiger partial charge on any atom is 0.0938 e. The van der Waals surface area contributed by atoms with Crippen LogP contribution in [0.2, 0.25) is 19.6 Å². The van der Waals surface area contributed by atoms with Crippen molar-refractivity contribution in [3.8, 4) is 0 Å². The molecule has 1 aliphatic carbocycles. The number of hydrogen-bond donors (Lipinski definition) is 0. The quantitative estimate of drug-likeness (QED) is 0.535. The van der Waals surface area contributed by atoms with E-state index in [2.05, 4.69) is 32.3 Å². The van der Waals surface area contributed by atoms with Crippen LogP contribution in [0.25, 0.3) is 0 Å². The second kappa shape index (κ2) is 5.11. The first-order valence-electron chi connectivity index (χ1n) is 7.02. The summed E-state index contributed by atoms with van der Waals surface area (Å²) in [6.45, 7) is 11.2. The molecule has 1 heterocycles. The fraction of sp³-hybridized carbons (Fsp3) is 0.733. The lowest BCUT2D eigenvalue weighted by atomic mass is 9.85. The third kappa shape index (κ3) is 2.91. The van der Waals surface area contributed by atoms with Crippen molar-refractivity contribution in [1.82, 2.24) is 0 Å². The standard InChI is InChI=1S/C15H26OSi/c1-5-13-15(17(2,3)4)11-14(16-13)12-9-7-6-8-10-12/h5,11-14H,1,6-10H2,2-4H3/t13-,14+/m0/s1. The third-order valence-electron chi connectivity index (χ3n) is 4.15. The zero-order valence-electron chi connectivity index (χ0n) is 11.5. The number of hydrogen-bond acceptors (Lipinski definition) is 1. The van der Waals surface area contributed by atoms with Gasteiger partial charge in [0, 0.05) is 0 Å². The van der Waals surface area contributed by atoms with Crippen molar-refractivity contribution in [2.24, 2.45) is 5.92 Å². The van der Waals surface area contributed by atoms with E-state index in [9.17, 15) is 0 Å². The smallest absolute Gasteiger partial charge is 0.0938 e. The van der Waals surface area contributed by atoms with Gasteiger partial charge in [-0.1, -0.05) is 56.3 Å². The molecule has 0 bridgehead atoms. The zero-order chi connectivity index (χ0) is 12.5. The average molecular weight is 250 g/mol. The molecule has 1 saturated carbocycles. The molecule has 2 rings (SSSR count). The van der Waals surface area contributed by atoms with Gasteiger partial charge in [0.15, 0.2) is 0 Å². The molecule has 0 N–H and O–H groups in total. The molecule has 2 aliphatic rings. The van der Waals surface area contributed by atoms with Crippen LogP contribution in [-0.4, -0.2) is 20.3 Å².